The Bertz CT molecular complexity index is 1140. The van der Waals surface area contributed by atoms with E-state index in [0.29, 0.717) is 25.1 Å². The summed E-state index contributed by atoms with van der Waals surface area (Å²) in [6, 6.07) is 14.7. The zero-order valence-corrected chi connectivity index (χ0v) is 16.8. The number of carbonyl (C=O) groups is 2. The first kappa shape index (κ1) is 20.1. The van der Waals surface area contributed by atoms with Gasteiger partial charge in [-0.1, -0.05) is 18.2 Å². The van der Waals surface area contributed by atoms with Crippen molar-refractivity contribution in [1.82, 2.24) is 4.31 Å². The van der Waals surface area contributed by atoms with Crippen molar-refractivity contribution in [1.29, 1.82) is 5.26 Å². The molecule has 2 aromatic carbocycles. The predicted molar refractivity (Wildman–Crippen MR) is 108 cm³/mol. The second kappa shape index (κ2) is 7.89. The average Bonchev–Trinajstić information content (AvgIpc) is 3.33. The van der Waals surface area contributed by atoms with E-state index in [0.717, 1.165) is 4.90 Å². The number of rotatable bonds is 6. The molecule has 0 radical (unpaired) electrons. The lowest BCUT2D eigenvalue weighted by atomic mass is 10.1. The molecule has 0 bridgehead atoms. The third-order valence-electron chi connectivity index (χ3n) is 5.29. The summed E-state index contributed by atoms with van der Waals surface area (Å²) in [6.07, 6.45) is 1.38. The number of benzene rings is 2. The second-order valence-electron chi connectivity index (χ2n) is 7.09. The third kappa shape index (κ3) is 3.44. The zero-order valence-electron chi connectivity index (χ0n) is 16.0. The number of ketones is 1. The Morgan fingerprint density at radius 3 is 2.63 bits per heavy atom. The van der Waals surface area contributed by atoms with Crippen LogP contribution in [0.15, 0.2) is 53.4 Å². The van der Waals surface area contributed by atoms with Crippen molar-refractivity contribution in [2.24, 2.45) is 0 Å². The van der Waals surface area contributed by atoms with E-state index in [1.807, 2.05) is 36.4 Å². The normalized spacial score (nSPS) is 19.0. The summed E-state index contributed by atoms with van der Waals surface area (Å²) in [4.78, 5) is 25.4. The van der Waals surface area contributed by atoms with E-state index in [-0.39, 0.29) is 35.3 Å². The molecule has 0 aromatic heterocycles. The molecular formula is C21H19N3O5S. The molecule has 1 fully saturated rings. The van der Waals surface area contributed by atoms with Gasteiger partial charge in [0.2, 0.25) is 10.0 Å². The van der Waals surface area contributed by atoms with Crippen molar-refractivity contribution < 1.29 is 22.7 Å². The van der Waals surface area contributed by atoms with E-state index in [1.165, 1.54) is 22.5 Å². The number of hydrogen-bond acceptors (Lipinski definition) is 6. The Kier molecular flexibility index (Phi) is 5.28. The highest BCUT2D eigenvalue weighted by molar-refractivity contribution is 7.89. The van der Waals surface area contributed by atoms with Gasteiger partial charge in [-0.05, 0) is 43.2 Å². The minimum atomic E-state index is -3.88. The molecule has 9 heteroatoms. The lowest BCUT2D eigenvalue weighted by Crippen LogP contribution is -2.39. The largest absolute Gasteiger partial charge is 0.492 e. The van der Waals surface area contributed by atoms with E-state index in [1.54, 1.807) is 0 Å². The predicted octanol–water partition coefficient (Wildman–Crippen LogP) is 1.97. The van der Waals surface area contributed by atoms with Crippen LogP contribution in [0.25, 0.3) is 0 Å². The van der Waals surface area contributed by atoms with Crippen LogP contribution in [0.3, 0.4) is 0 Å². The van der Waals surface area contributed by atoms with Crippen molar-refractivity contribution in [3.05, 3.63) is 54.1 Å². The molecule has 0 aliphatic carbocycles. The van der Waals surface area contributed by atoms with Crippen LogP contribution in [0.4, 0.5) is 5.69 Å². The summed E-state index contributed by atoms with van der Waals surface area (Å²) in [6.45, 7) is 0.311. The maximum Gasteiger partial charge on any atom is 0.300 e. The highest BCUT2D eigenvalue weighted by Crippen LogP contribution is 2.33. The molecule has 4 rings (SSSR count). The molecule has 0 N–H and O–H groups in total. The van der Waals surface area contributed by atoms with Gasteiger partial charge in [-0.3, -0.25) is 14.5 Å². The summed E-state index contributed by atoms with van der Waals surface area (Å²) in [5, 5.41) is 8.88. The van der Waals surface area contributed by atoms with Crippen molar-refractivity contribution in [2.45, 2.75) is 23.8 Å². The number of carbonyl (C=O) groups excluding carboxylic acids is 2. The Hall–Kier alpha value is -3.22. The first-order chi connectivity index (χ1) is 14.4. The Morgan fingerprint density at radius 2 is 1.90 bits per heavy atom. The summed E-state index contributed by atoms with van der Waals surface area (Å²) < 4.78 is 33.7. The number of nitriles is 1. The molecule has 2 heterocycles. The van der Waals surface area contributed by atoms with Crippen LogP contribution in [-0.4, -0.2) is 50.2 Å². The molecule has 1 unspecified atom stereocenters. The van der Waals surface area contributed by atoms with Crippen LogP contribution in [0.2, 0.25) is 0 Å². The van der Waals surface area contributed by atoms with E-state index >= 15 is 0 Å². The molecule has 2 aliphatic heterocycles. The number of ether oxygens (including phenoxy) is 1. The van der Waals surface area contributed by atoms with Crippen LogP contribution in [0.5, 0.6) is 5.75 Å². The minimum absolute atomic E-state index is 0.00704. The fourth-order valence-corrected chi connectivity index (χ4v) is 5.51. The Labute approximate surface area is 174 Å². The monoisotopic (exact) mass is 425 g/mol. The fraction of sp³-hybridized carbons (Fsp3) is 0.286. The second-order valence-corrected chi connectivity index (χ2v) is 8.98. The van der Waals surface area contributed by atoms with Crippen molar-refractivity contribution in [3.8, 4) is 11.8 Å². The maximum absolute atomic E-state index is 13.3. The van der Waals surface area contributed by atoms with Gasteiger partial charge in [0.15, 0.2) is 0 Å². The lowest BCUT2D eigenvalue weighted by Gasteiger charge is -2.24. The number of para-hydroxylation sites is 1. The summed E-state index contributed by atoms with van der Waals surface area (Å²) in [7, 11) is -3.88. The van der Waals surface area contributed by atoms with Crippen molar-refractivity contribution >= 4 is 27.4 Å². The SMILES string of the molecule is N#CCN1C(=O)C(=O)c2cc(S(=O)(=O)N3CCCC3COc3ccccc3)ccc21. The van der Waals surface area contributed by atoms with Gasteiger partial charge < -0.3 is 4.74 Å². The van der Waals surface area contributed by atoms with Gasteiger partial charge in [0.1, 0.15) is 18.9 Å². The van der Waals surface area contributed by atoms with Crippen LogP contribution < -0.4 is 9.64 Å². The van der Waals surface area contributed by atoms with Crippen molar-refractivity contribution in [2.75, 3.05) is 24.6 Å². The molecule has 2 aromatic rings. The van der Waals surface area contributed by atoms with Gasteiger partial charge in [0.25, 0.3) is 11.7 Å². The maximum atomic E-state index is 13.3. The third-order valence-corrected chi connectivity index (χ3v) is 7.23. The van der Waals surface area contributed by atoms with Gasteiger partial charge in [-0.2, -0.15) is 9.57 Å². The Morgan fingerprint density at radius 1 is 1.13 bits per heavy atom. The van der Waals surface area contributed by atoms with E-state index < -0.39 is 21.7 Å². The highest BCUT2D eigenvalue weighted by atomic mass is 32.2. The van der Waals surface area contributed by atoms with Crippen molar-refractivity contribution in [3.63, 3.8) is 0 Å². The van der Waals surface area contributed by atoms with Crippen LogP contribution in [-0.2, 0) is 14.8 Å². The summed E-state index contributed by atoms with van der Waals surface area (Å²) in [5.41, 5.74) is 0.267. The minimum Gasteiger partial charge on any atom is -0.492 e. The first-order valence-corrected chi connectivity index (χ1v) is 10.9. The lowest BCUT2D eigenvalue weighted by molar-refractivity contribution is -0.114. The Balaban J connectivity index is 1.58. The number of hydrogen-bond donors (Lipinski definition) is 0. The van der Waals surface area contributed by atoms with Crippen LogP contribution in [0.1, 0.15) is 23.2 Å². The molecule has 154 valence electrons. The summed E-state index contributed by atoms with van der Waals surface area (Å²) >= 11 is 0. The van der Waals surface area contributed by atoms with E-state index in [9.17, 15) is 18.0 Å². The smallest absolute Gasteiger partial charge is 0.300 e. The standard InChI is InChI=1S/C21H19N3O5S/c22-10-12-23-19-9-8-17(13-18(19)20(25)21(23)26)30(27,28)24-11-4-5-15(24)14-29-16-6-2-1-3-7-16/h1-3,6-9,13,15H,4-5,11-12,14H2. The van der Waals surface area contributed by atoms with Crippen LogP contribution in [0, 0.1) is 11.3 Å². The molecule has 1 atom stereocenters. The van der Waals surface area contributed by atoms with Gasteiger partial charge in [0.05, 0.1) is 28.3 Å². The first-order valence-electron chi connectivity index (χ1n) is 9.50. The van der Waals surface area contributed by atoms with E-state index in [2.05, 4.69) is 0 Å². The molecule has 30 heavy (non-hydrogen) atoms. The number of anilines is 1. The number of sulfonamides is 1. The van der Waals surface area contributed by atoms with Gasteiger partial charge >= 0.3 is 0 Å². The molecule has 8 nitrogen and oxygen atoms in total. The quantitative estimate of drug-likeness (QED) is 0.517. The van der Waals surface area contributed by atoms with Gasteiger partial charge in [-0.25, -0.2) is 8.42 Å². The number of Topliss-reactive ketones (excluding diaryl/α,β-unsaturated/α-hetero) is 1. The zero-order chi connectivity index (χ0) is 21.3. The molecule has 1 amide bonds. The average molecular weight is 425 g/mol. The number of amides is 1. The number of fused-ring (bicyclic) bond motifs is 1. The molecule has 2 aliphatic rings. The van der Waals surface area contributed by atoms with Gasteiger partial charge in [-0.15, -0.1) is 0 Å². The van der Waals surface area contributed by atoms with Gasteiger partial charge in [0, 0.05) is 6.54 Å². The number of nitrogens with zero attached hydrogens (tertiary/aromatic N) is 3. The van der Waals surface area contributed by atoms with E-state index in [4.69, 9.17) is 10.00 Å². The summed E-state index contributed by atoms with van der Waals surface area (Å²) in [5.74, 6) is -0.958. The topological polar surface area (TPSA) is 108 Å². The molecule has 0 saturated carbocycles. The molecule has 0 spiro atoms. The molecular weight excluding hydrogens is 406 g/mol. The van der Waals surface area contributed by atoms with Crippen LogP contribution >= 0.6 is 0 Å². The fourth-order valence-electron chi connectivity index (χ4n) is 3.80. The molecule has 1 saturated heterocycles. The highest BCUT2D eigenvalue weighted by Gasteiger charge is 2.39.